The minimum Gasteiger partial charge on any atom is -0.497 e. The Labute approximate surface area is 198 Å². The number of hydrogen-bond acceptors (Lipinski definition) is 2. The van der Waals surface area contributed by atoms with Crippen molar-refractivity contribution in [3.63, 3.8) is 0 Å². The van der Waals surface area contributed by atoms with E-state index in [9.17, 15) is 8.78 Å². The monoisotopic (exact) mass is 464 g/mol. The number of hydrogen-bond donors (Lipinski definition) is 0. The average molecular weight is 465 g/mol. The maximum atomic E-state index is 15.0. The normalized spacial score (nSPS) is 22.2. The van der Waals surface area contributed by atoms with E-state index in [-0.39, 0.29) is 23.4 Å². The summed E-state index contributed by atoms with van der Waals surface area (Å²) in [5.74, 6) is -0.853. The Morgan fingerprint density at radius 1 is 0.882 bits per heavy atom. The summed E-state index contributed by atoms with van der Waals surface area (Å²) in [5, 5.41) is 0. The molecule has 0 N–H and O–H groups in total. The number of epoxide rings is 1. The Balaban J connectivity index is 1.23. The van der Waals surface area contributed by atoms with Crippen molar-refractivity contribution in [2.75, 3.05) is 13.7 Å². The van der Waals surface area contributed by atoms with Crippen LogP contribution in [0.4, 0.5) is 13.2 Å². The van der Waals surface area contributed by atoms with Crippen LogP contribution < -0.4 is 4.74 Å². The summed E-state index contributed by atoms with van der Waals surface area (Å²) in [5.41, 5.74) is 2.75. The second-order valence-electron chi connectivity index (χ2n) is 9.13. The van der Waals surface area contributed by atoms with Crippen molar-refractivity contribution < 1.29 is 22.6 Å². The summed E-state index contributed by atoms with van der Waals surface area (Å²) in [6, 6.07) is 15.5. The van der Waals surface area contributed by atoms with Crippen LogP contribution in [0.1, 0.15) is 54.4 Å². The molecule has 1 aliphatic carbocycles. The number of benzene rings is 3. The van der Waals surface area contributed by atoms with Gasteiger partial charge >= 0.3 is 0 Å². The van der Waals surface area contributed by atoms with E-state index < -0.39 is 11.6 Å². The second-order valence-corrected chi connectivity index (χ2v) is 9.13. The van der Waals surface area contributed by atoms with Crippen LogP contribution in [-0.2, 0) is 4.74 Å². The van der Waals surface area contributed by atoms with Crippen LogP contribution in [0.3, 0.4) is 0 Å². The van der Waals surface area contributed by atoms with Crippen molar-refractivity contribution in [3.05, 3.63) is 94.8 Å². The summed E-state index contributed by atoms with van der Waals surface area (Å²) >= 11 is 0. The third-order valence-electron chi connectivity index (χ3n) is 7.00. The molecule has 1 saturated heterocycles. The molecule has 1 heterocycles. The van der Waals surface area contributed by atoms with Crippen molar-refractivity contribution in [3.8, 4) is 16.9 Å². The van der Waals surface area contributed by atoms with E-state index in [2.05, 4.69) is 0 Å². The van der Waals surface area contributed by atoms with E-state index in [0.29, 0.717) is 35.0 Å². The van der Waals surface area contributed by atoms with Crippen LogP contribution in [0, 0.1) is 23.4 Å². The first-order valence-corrected chi connectivity index (χ1v) is 11.7. The molecule has 1 aliphatic heterocycles. The molecule has 0 radical (unpaired) electrons. The molecule has 1 atom stereocenters. The van der Waals surface area contributed by atoms with E-state index in [1.54, 1.807) is 55.6 Å². The third kappa shape index (κ3) is 4.76. The van der Waals surface area contributed by atoms with Crippen LogP contribution in [0.15, 0.2) is 60.7 Å². The Morgan fingerprint density at radius 2 is 1.62 bits per heavy atom. The van der Waals surface area contributed by atoms with Crippen LogP contribution in [0.2, 0.25) is 0 Å². The number of rotatable bonds is 6. The zero-order valence-corrected chi connectivity index (χ0v) is 19.1. The third-order valence-corrected chi connectivity index (χ3v) is 7.00. The van der Waals surface area contributed by atoms with E-state index in [0.717, 1.165) is 31.2 Å². The fourth-order valence-corrected chi connectivity index (χ4v) is 4.86. The van der Waals surface area contributed by atoms with E-state index in [1.165, 1.54) is 0 Å². The molecule has 3 aromatic carbocycles. The largest absolute Gasteiger partial charge is 0.497 e. The van der Waals surface area contributed by atoms with Gasteiger partial charge in [0.1, 0.15) is 17.7 Å². The molecule has 0 spiro atoms. The van der Waals surface area contributed by atoms with Crippen LogP contribution in [0.25, 0.3) is 17.2 Å². The van der Waals surface area contributed by atoms with Crippen molar-refractivity contribution >= 4 is 6.08 Å². The van der Waals surface area contributed by atoms with Gasteiger partial charge in [-0.2, -0.15) is 0 Å². The molecule has 5 rings (SSSR count). The van der Waals surface area contributed by atoms with Crippen LogP contribution >= 0.6 is 0 Å². The highest BCUT2D eigenvalue weighted by Crippen LogP contribution is 2.40. The van der Waals surface area contributed by atoms with Gasteiger partial charge in [0.25, 0.3) is 0 Å². The number of halogens is 3. The molecule has 5 heteroatoms. The standard InChI is InChI=1S/C29H27F3O2/c1-33-23-12-10-20(11-13-23)25-15-14-24(28(31)29(25)32)19-5-2-18(3-6-19)4-7-21-8-9-22(16-26(21)30)27-17-34-27/h4,7-16,18-19,27H,2-3,5-6,17H2,1H3/b7-4+. The highest BCUT2D eigenvalue weighted by Gasteiger charge is 2.27. The molecular formula is C29H27F3O2. The molecule has 1 unspecified atom stereocenters. The Kier molecular flexibility index (Phi) is 6.46. The van der Waals surface area contributed by atoms with Gasteiger partial charge < -0.3 is 9.47 Å². The van der Waals surface area contributed by atoms with Gasteiger partial charge in [-0.3, -0.25) is 0 Å². The molecule has 1 saturated carbocycles. The highest BCUT2D eigenvalue weighted by atomic mass is 19.2. The summed E-state index contributed by atoms with van der Waals surface area (Å²) in [7, 11) is 1.56. The Bertz CT molecular complexity index is 1190. The highest BCUT2D eigenvalue weighted by molar-refractivity contribution is 5.65. The van der Waals surface area contributed by atoms with Gasteiger partial charge in [0.15, 0.2) is 11.6 Å². The Hall–Kier alpha value is -3.05. The molecule has 34 heavy (non-hydrogen) atoms. The number of allylic oxidation sites excluding steroid dienone is 1. The van der Waals surface area contributed by atoms with E-state index in [4.69, 9.17) is 9.47 Å². The zero-order valence-electron chi connectivity index (χ0n) is 19.1. The summed E-state index contributed by atoms with van der Waals surface area (Å²) < 4.78 is 54.6. The zero-order chi connectivity index (χ0) is 23.7. The lowest BCUT2D eigenvalue weighted by molar-refractivity contribution is 0.365. The Morgan fingerprint density at radius 3 is 2.26 bits per heavy atom. The average Bonchev–Trinajstić information content (AvgIpc) is 3.71. The molecule has 3 aromatic rings. The van der Waals surface area contributed by atoms with Crippen molar-refractivity contribution in [1.82, 2.24) is 0 Å². The van der Waals surface area contributed by atoms with Crippen molar-refractivity contribution in [2.24, 2.45) is 5.92 Å². The van der Waals surface area contributed by atoms with E-state index >= 15 is 4.39 Å². The van der Waals surface area contributed by atoms with Crippen LogP contribution in [-0.4, -0.2) is 13.7 Å². The second kappa shape index (κ2) is 9.67. The maximum absolute atomic E-state index is 15.0. The van der Waals surface area contributed by atoms with Gasteiger partial charge in [0.2, 0.25) is 0 Å². The maximum Gasteiger partial charge on any atom is 0.166 e. The first-order chi connectivity index (χ1) is 16.5. The van der Waals surface area contributed by atoms with E-state index in [1.807, 2.05) is 18.2 Å². The quantitative estimate of drug-likeness (QED) is 0.347. The first-order valence-electron chi connectivity index (χ1n) is 11.7. The van der Waals surface area contributed by atoms with Gasteiger partial charge in [0, 0.05) is 11.1 Å². The lowest BCUT2D eigenvalue weighted by Crippen LogP contribution is -2.13. The fourth-order valence-electron chi connectivity index (χ4n) is 4.86. The molecule has 0 bridgehead atoms. The first kappa shape index (κ1) is 22.7. The predicted octanol–water partition coefficient (Wildman–Crippen LogP) is 7.84. The van der Waals surface area contributed by atoms with Gasteiger partial charge in [-0.1, -0.05) is 48.6 Å². The number of methoxy groups -OCH3 is 1. The molecular weight excluding hydrogens is 437 g/mol. The molecule has 0 amide bonds. The minimum atomic E-state index is -0.805. The SMILES string of the molecule is COc1ccc(-c2ccc(C3CCC(/C=C/c4ccc(C5CO5)cc4F)CC3)c(F)c2F)cc1. The van der Waals surface area contributed by atoms with Gasteiger partial charge in [-0.05, 0) is 72.4 Å². The lowest BCUT2D eigenvalue weighted by atomic mass is 9.78. The van der Waals surface area contributed by atoms with Crippen LogP contribution in [0.5, 0.6) is 5.75 Å². The van der Waals surface area contributed by atoms with Gasteiger partial charge in [-0.15, -0.1) is 0 Å². The fraction of sp³-hybridized carbons (Fsp3) is 0.310. The number of ether oxygens (including phenoxy) is 2. The summed E-state index contributed by atoms with van der Waals surface area (Å²) in [6.07, 6.45) is 7.18. The van der Waals surface area contributed by atoms with Gasteiger partial charge in [-0.25, -0.2) is 13.2 Å². The van der Waals surface area contributed by atoms with Crippen molar-refractivity contribution in [1.29, 1.82) is 0 Å². The topological polar surface area (TPSA) is 21.8 Å². The van der Waals surface area contributed by atoms with Crippen molar-refractivity contribution in [2.45, 2.75) is 37.7 Å². The van der Waals surface area contributed by atoms with Gasteiger partial charge in [0.05, 0.1) is 13.7 Å². The lowest BCUT2D eigenvalue weighted by Gasteiger charge is -2.27. The molecule has 2 fully saturated rings. The summed E-state index contributed by atoms with van der Waals surface area (Å²) in [4.78, 5) is 0. The molecule has 176 valence electrons. The summed E-state index contributed by atoms with van der Waals surface area (Å²) in [6.45, 7) is 0.659. The molecule has 0 aromatic heterocycles. The molecule has 2 aliphatic rings. The smallest absolute Gasteiger partial charge is 0.166 e. The predicted molar refractivity (Wildman–Crippen MR) is 127 cm³/mol. The minimum absolute atomic E-state index is 0.0152. The molecule has 2 nitrogen and oxygen atoms in total.